The molecule has 0 aliphatic carbocycles. The first-order valence-corrected chi connectivity index (χ1v) is 15.5. The van der Waals surface area contributed by atoms with Gasteiger partial charge in [0, 0.05) is 34.2 Å². The largest absolute Gasteiger partial charge is 0.404 e. The molecule has 1 heterocycles. The van der Waals surface area contributed by atoms with Gasteiger partial charge in [-0.3, -0.25) is 0 Å². The Labute approximate surface area is 265 Å². The summed E-state index contributed by atoms with van der Waals surface area (Å²) in [5.41, 5.74) is 23.3. The van der Waals surface area contributed by atoms with Crippen LogP contribution < -0.4 is 11.5 Å². The van der Waals surface area contributed by atoms with Gasteiger partial charge in [0.05, 0.1) is 11.0 Å². The number of rotatable bonds is 8. The molecule has 222 valence electrons. The molecule has 0 unspecified atom stereocenters. The molecular formula is C42H39N3. The Morgan fingerprint density at radius 3 is 2.18 bits per heavy atom. The Hall–Kier alpha value is -5.54. The zero-order valence-electron chi connectivity index (χ0n) is 26.2. The summed E-state index contributed by atoms with van der Waals surface area (Å²) in [5, 5.41) is 4.95. The molecule has 4 N–H and O–H groups in total. The smallest absolute Gasteiger partial charge is 0.0619 e. The lowest BCUT2D eigenvalue weighted by Gasteiger charge is -2.12. The number of allylic oxidation sites excluding steroid dienone is 8. The molecule has 3 heteroatoms. The highest BCUT2D eigenvalue weighted by Gasteiger charge is 2.16. The summed E-state index contributed by atoms with van der Waals surface area (Å²) in [7, 11) is 0. The van der Waals surface area contributed by atoms with Crippen molar-refractivity contribution in [3.05, 3.63) is 168 Å². The molecule has 0 aliphatic rings. The second-order valence-electron chi connectivity index (χ2n) is 11.3. The number of aromatic nitrogens is 1. The van der Waals surface area contributed by atoms with Crippen LogP contribution in [0.25, 0.3) is 55.0 Å². The second-order valence-corrected chi connectivity index (χ2v) is 11.3. The predicted molar refractivity (Wildman–Crippen MR) is 195 cm³/mol. The molecule has 1 aromatic heterocycles. The fourth-order valence-electron chi connectivity index (χ4n) is 6.14. The molecule has 0 fully saturated rings. The van der Waals surface area contributed by atoms with Crippen molar-refractivity contribution in [2.45, 2.75) is 27.2 Å². The van der Waals surface area contributed by atoms with E-state index in [9.17, 15) is 0 Å². The predicted octanol–water partition coefficient (Wildman–Crippen LogP) is 10.4. The van der Waals surface area contributed by atoms with Gasteiger partial charge in [0.2, 0.25) is 0 Å². The second kappa shape index (κ2) is 13.0. The van der Waals surface area contributed by atoms with Crippen molar-refractivity contribution in [2.24, 2.45) is 11.5 Å². The van der Waals surface area contributed by atoms with Crippen molar-refractivity contribution in [1.82, 2.24) is 4.57 Å². The number of nitrogens with two attached hydrogens (primary N) is 2. The summed E-state index contributed by atoms with van der Waals surface area (Å²) in [6.45, 7) is 6.22. The summed E-state index contributed by atoms with van der Waals surface area (Å²) < 4.78 is 2.42. The molecule has 6 rings (SSSR count). The van der Waals surface area contributed by atoms with Gasteiger partial charge in [-0.25, -0.2) is 0 Å². The molecule has 0 saturated heterocycles. The summed E-state index contributed by atoms with van der Waals surface area (Å²) in [4.78, 5) is 0. The topological polar surface area (TPSA) is 57.0 Å². The molecule has 0 atom stereocenters. The SMILES string of the molecule is C\C=C/C(=C\N)C(/C=C\Cc1ccc2c3ccc4cc(-c5cccc(/C(C)=C/C)c5)ccc4c3n(-c3ccccc3)c2c1)=C/N. The molecule has 0 bridgehead atoms. The Bertz CT molecular complexity index is 2170. The van der Waals surface area contributed by atoms with Gasteiger partial charge in [-0.05, 0) is 102 Å². The number of para-hydroxylation sites is 1. The lowest BCUT2D eigenvalue weighted by atomic mass is 9.96. The van der Waals surface area contributed by atoms with E-state index in [1.54, 1.807) is 12.4 Å². The van der Waals surface area contributed by atoms with Crippen LogP contribution in [-0.2, 0) is 6.42 Å². The third kappa shape index (κ3) is 5.73. The van der Waals surface area contributed by atoms with Crippen LogP contribution in [0.5, 0.6) is 0 Å². The number of hydrogen-bond donors (Lipinski definition) is 2. The maximum Gasteiger partial charge on any atom is 0.0619 e. The molecule has 0 aliphatic heterocycles. The van der Waals surface area contributed by atoms with Gasteiger partial charge in [-0.15, -0.1) is 0 Å². The lowest BCUT2D eigenvalue weighted by molar-refractivity contribution is 1.17. The van der Waals surface area contributed by atoms with Gasteiger partial charge in [-0.1, -0.05) is 103 Å². The third-order valence-corrected chi connectivity index (χ3v) is 8.60. The highest BCUT2D eigenvalue weighted by Crippen LogP contribution is 2.38. The Kier molecular flexibility index (Phi) is 8.52. The van der Waals surface area contributed by atoms with E-state index in [4.69, 9.17) is 11.5 Å². The van der Waals surface area contributed by atoms with Gasteiger partial charge < -0.3 is 16.0 Å². The summed E-state index contributed by atoms with van der Waals surface area (Å²) in [5.74, 6) is 0. The molecule has 6 aromatic rings. The maximum atomic E-state index is 5.92. The molecule has 45 heavy (non-hydrogen) atoms. The van der Waals surface area contributed by atoms with Crippen molar-refractivity contribution in [2.75, 3.05) is 0 Å². The lowest BCUT2D eigenvalue weighted by Crippen LogP contribution is -1.95. The fraction of sp³-hybridized carbons (Fsp3) is 0.0952. The van der Waals surface area contributed by atoms with Gasteiger partial charge in [-0.2, -0.15) is 0 Å². The van der Waals surface area contributed by atoms with Crippen LogP contribution in [0.1, 0.15) is 31.9 Å². The standard InChI is InChI=1S/C42H39N3/c1-4-11-35(27-43)36(28-44)15-9-12-30-18-21-39-40-23-20-34-26-33(32-14-10-13-31(25-32)29(3)5-2)19-22-38(34)42(40)45(41(39)24-30)37-16-7-6-8-17-37/h4-11,13-28H,12,43-44H2,1-3H3/b11-4-,15-9-,29-5+,35-27+,36-28+. The molecule has 0 saturated carbocycles. The van der Waals surface area contributed by atoms with Crippen molar-refractivity contribution in [3.63, 3.8) is 0 Å². The van der Waals surface area contributed by atoms with E-state index >= 15 is 0 Å². The van der Waals surface area contributed by atoms with E-state index in [2.05, 4.69) is 134 Å². The van der Waals surface area contributed by atoms with Crippen molar-refractivity contribution < 1.29 is 0 Å². The van der Waals surface area contributed by atoms with Crippen LogP contribution in [0.3, 0.4) is 0 Å². The van der Waals surface area contributed by atoms with E-state index in [1.165, 1.54) is 60.4 Å². The summed E-state index contributed by atoms with van der Waals surface area (Å²) in [6, 6.07) is 37.7. The molecule has 0 amide bonds. The van der Waals surface area contributed by atoms with Gasteiger partial charge in [0.15, 0.2) is 0 Å². The van der Waals surface area contributed by atoms with E-state index in [-0.39, 0.29) is 0 Å². The molecule has 0 spiro atoms. The van der Waals surface area contributed by atoms with Gasteiger partial charge in [0.1, 0.15) is 0 Å². The van der Waals surface area contributed by atoms with Crippen LogP contribution in [-0.4, -0.2) is 4.57 Å². The molecule has 5 aromatic carbocycles. The van der Waals surface area contributed by atoms with E-state index in [0.29, 0.717) is 0 Å². The van der Waals surface area contributed by atoms with Crippen molar-refractivity contribution in [3.8, 4) is 16.8 Å². The van der Waals surface area contributed by atoms with Crippen LogP contribution in [0.2, 0.25) is 0 Å². The minimum atomic E-state index is 0.771. The van der Waals surface area contributed by atoms with Crippen LogP contribution in [0.4, 0.5) is 0 Å². The van der Waals surface area contributed by atoms with E-state index in [0.717, 1.165) is 23.3 Å². The molecule has 3 nitrogen and oxygen atoms in total. The van der Waals surface area contributed by atoms with Crippen molar-refractivity contribution in [1.29, 1.82) is 0 Å². The monoisotopic (exact) mass is 585 g/mol. The first kappa shape index (κ1) is 29.5. The van der Waals surface area contributed by atoms with Crippen molar-refractivity contribution >= 4 is 38.2 Å². The van der Waals surface area contributed by atoms with E-state index in [1.807, 2.05) is 25.2 Å². The number of fused-ring (bicyclic) bond motifs is 5. The number of hydrogen-bond acceptors (Lipinski definition) is 2. The fourth-order valence-corrected chi connectivity index (χ4v) is 6.14. The maximum absolute atomic E-state index is 5.92. The van der Waals surface area contributed by atoms with Gasteiger partial charge in [0.25, 0.3) is 0 Å². The zero-order valence-corrected chi connectivity index (χ0v) is 26.2. The highest BCUT2D eigenvalue weighted by molar-refractivity contribution is 6.19. The normalized spacial score (nSPS) is 13.3. The molecular weight excluding hydrogens is 546 g/mol. The minimum absolute atomic E-state index is 0.771. The van der Waals surface area contributed by atoms with Crippen LogP contribution in [0.15, 0.2) is 157 Å². The number of nitrogens with zero attached hydrogens (tertiary/aromatic N) is 1. The molecule has 0 radical (unpaired) electrons. The first-order valence-electron chi connectivity index (χ1n) is 15.5. The number of benzene rings is 5. The van der Waals surface area contributed by atoms with E-state index < -0.39 is 0 Å². The average molecular weight is 586 g/mol. The average Bonchev–Trinajstić information content (AvgIpc) is 3.43. The summed E-state index contributed by atoms with van der Waals surface area (Å²) >= 11 is 0. The minimum Gasteiger partial charge on any atom is -0.404 e. The Balaban J connectivity index is 1.48. The van der Waals surface area contributed by atoms with Gasteiger partial charge >= 0.3 is 0 Å². The first-order chi connectivity index (χ1) is 22.1. The van der Waals surface area contributed by atoms with Crippen LogP contribution in [0, 0.1) is 0 Å². The Morgan fingerprint density at radius 1 is 0.689 bits per heavy atom. The zero-order chi connectivity index (χ0) is 31.3. The summed E-state index contributed by atoms with van der Waals surface area (Å²) in [6.07, 6.45) is 14.2. The van der Waals surface area contributed by atoms with Crippen LogP contribution >= 0.6 is 0 Å². The third-order valence-electron chi connectivity index (χ3n) is 8.60. The Morgan fingerprint density at radius 2 is 1.42 bits per heavy atom. The highest BCUT2D eigenvalue weighted by atomic mass is 15.0. The quantitative estimate of drug-likeness (QED) is 0.175.